The molecule has 3 atom stereocenters. The number of nitro groups is 1. The molecule has 1 aromatic heterocycles. The molecule has 3 aromatic carbocycles. The summed E-state index contributed by atoms with van der Waals surface area (Å²) in [6.45, 7) is 3.68. The fraction of sp³-hybridized carbons (Fsp3) is 0.250. The molecule has 10 nitrogen and oxygen atoms in total. The van der Waals surface area contributed by atoms with Crippen molar-refractivity contribution >= 4 is 28.5 Å². The van der Waals surface area contributed by atoms with E-state index in [1.807, 2.05) is 38.1 Å². The Kier molecular flexibility index (Phi) is 6.89. The zero-order valence-corrected chi connectivity index (χ0v) is 20.8. The van der Waals surface area contributed by atoms with Crippen molar-refractivity contribution in [3.8, 4) is 0 Å². The van der Waals surface area contributed by atoms with Crippen molar-refractivity contribution in [2.45, 2.75) is 38.7 Å². The molecule has 0 amide bonds. The van der Waals surface area contributed by atoms with Crippen LogP contribution in [0.1, 0.15) is 44.5 Å². The summed E-state index contributed by atoms with van der Waals surface area (Å²) in [5.74, 6) is -1.06. The fourth-order valence-electron chi connectivity index (χ4n) is 4.39. The number of hydrogen-bond donors (Lipinski definition) is 0. The van der Waals surface area contributed by atoms with Gasteiger partial charge in [-0.1, -0.05) is 41.5 Å². The Balaban J connectivity index is 1.38. The van der Waals surface area contributed by atoms with E-state index in [0.29, 0.717) is 22.0 Å². The molecule has 1 fully saturated rings. The minimum absolute atomic E-state index is 0.0716. The van der Waals surface area contributed by atoms with Gasteiger partial charge in [0, 0.05) is 12.5 Å². The molecule has 4 aromatic rings. The second-order valence-electron chi connectivity index (χ2n) is 9.20. The van der Waals surface area contributed by atoms with Crippen molar-refractivity contribution in [2.75, 3.05) is 6.61 Å². The van der Waals surface area contributed by atoms with E-state index < -0.39 is 35.3 Å². The SMILES string of the molecule is Cc1ccc(C(=O)OC[C@H]2O[C@@H](n3ncc4c([N+](=O)[O-])cccc43)C[C@@H]2OC(=O)c2ccc(C)cc2)cc1. The molecule has 5 rings (SSSR count). The summed E-state index contributed by atoms with van der Waals surface area (Å²) in [5, 5.41) is 16.1. The molecule has 1 saturated heterocycles. The lowest BCUT2D eigenvalue weighted by atomic mass is 10.1. The Morgan fingerprint density at radius 1 is 1.00 bits per heavy atom. The maximum atomic E-state index is 12.9. The number of aromatic nitrogens is 2. The van der Waals surface area contributed by atoms with Crippen LogP contribution in [-0.4, -0.2) is 45.5 Å². The topological polar surface area (TPSA) is 123 Å². The van der Waals surface area contributed by atoms with Crippen LogP contribution in [0, 0.1) is 24.0 Å². The third-order valence-corrected chi connectivity index (χ3v) is 6.48. The van der Waals surface area contributed by atoms with E-state index in [9.17, 15) is 19.7 Å². The van der Waals surface area contributed by atoms with Crippen molar-refractivity contribution < 1.29 is 28.7 Å². The molecule has 0 unspecified atom stereocenters. The molecule has 0 saturated carbocycles. The minimum atomic E-state index is -0.776. The summed E-state index contributed by atoms with van der Waals surface area (Å²) < 4.78 is 19.0. The molecule has 1 aliphatic rings. The summed E-state index contributed by atoms with van der Waals surface area (Å²) in [5.41, 5.74) is 3.23. The number of rotatable bonds is 7. The number of fused-ring (bicyclic) bond motifs is 1. The lowest BCUT2D eigenvalue weighted by Crippen LogP contribution is -2.32. The van der Waals surface area contributed by atoms with Crippen LogP contribution in [0.2, 0.25) is 0 Å². The smallest absolute Gasteiger partial charge is 0.338 e. The summed E-state index contributed by atoms with van der Waals surface area (Å²) in [6.07, 6.45) is -0.605. The molecule has 194 valence electrons. The highest BCUT2D eigenvalue weighted by atomic mass is 16.6. The van der Waals surface area contributed by atoms with E-state index in [4.69, 9.17) is 14.2 Å². The zero-order chi connectivity index (χ0) is 26.8. The van der Waals surface area contributed by atoms with E-state index in [-0.39, 0.29) is 18.7 Å². The van der Waals surface area contributed by atoms with Crippen LogP contribution in [0.5, 0.6) is 0 Å². The quantitative estimate of drug-likeness (QED) is 0.193. The Hall–Kier alpha value is -4.57. The van der Waals surface area contributed by atoms with Crippen LogP contribution in [0.25, 0.3) is 10.9 Å². The van der Waals surface area contributed by atoms with E-state index in [1.54, 1.807) is 36.4 Å². The van der Waals surface area contributed by atoms with Crippen molar-refractivity contribution in [3.63, 3.8) is 0 Å². The van der Waals surface area contributed by atoms with Crippen molar-refractivity contribution in [1.29, 1.82) is 0 Å². The largest absolute Gasteiger partial charge is 0.459 e. The van der Waals surface area contributed by atoms with E-state index in [2.05, 4.69) is 5.10 Å². The number of nitrogens with zero attached hydrogens (tertiary/aromatic N) is 3. The van der Waals surface area contributed by atoms with Crippen LogP contribution in [-0.2, 0) is 14.2 Å². The Bertz CT molecular complexity index is 1500. The third-order valence-electron chi connectivity index (χ3n) is 6.48. The highest BCUT2D eigenvalue weighted by Gasteiger charge is 2.41. The van der Waals surface area contributed by atoms with Crippen LogP contribution in [0.4, 0.5) is 5.69 Å². The van der Waals surface area contributed by atoms with E-state index in [1.165, 1.54) is 16.9 Å². The predicted octanol–water partition coefficient (Wildman–Crippen LogP) is 4.93. The summed E-state index contributed by atoms with van der Waals surface area (Å²) in [4.78, 5) is 36.5. The first-order valence-corrected chi connectivity index (χ1v) is 12.1. The second-order valence-corrected chi connectivity index (χ2v) is 9.20. The molecule has 0 radical (unpaired) electrons. The van der Waals surface area contributed by atoms with Gasteiger partial charge in [0.1, 0.15) is 18.8 Å². The van der Waals surface area contributed by atoms with Crippen LogP contribution in [0.15, 0.2) is 72.9 Å². The van der Waals surface area contributed by atoms with Gasteiger partial charge in [0.25, 0.3) is 5.69 Å². The van der Waals surface area contributed by atoms with E-state index >= 15 is 0 Å². The van der Waals surface area contributed by atoms with Gasteiger partial charge in [-0.2, -0.15) is 5.10 Å². The minimum Gasteiger partial charge on any atom is -0.459 e. The summed E-state index contributed by atoms with van der Waals surface area (Å²) in [6, 6.07) is 18.6. The number of carbonyl (C=O) groups excluding carboxylic acids is 2. The van der Waals surface area contributed by atoms with Crippen molar-refractivity contribution in [1.82, 2.24) is 9.78 Å². The average Bonchev–Trinajstić information content (AvgIpc) is 3.51. The first-order chi connectivity index (χ1) is 18.3. The number of hydrogen-bond acceptors (Lipinski definition) is 8. The maximum absolute atomic E-state index is 12.9. The number of esters is 2. The summed E-state index contributed by atoms with van der Waals surface area (Å²) >= 11 is 0. The summed E-state index contributed by atoms with van der Waals surface area (Å²) in [7, 11) is 0. The van der Waals surface area contributed by atoms with Crippen molar-refractivity contribution in [2.24, 2.45) is 0 Å². The van der Waals surface area contributed by atoms with Gasteiger partial charge in [-0.25, -0.2) is 14.3 Å². The average molecular weight is 516 g/mol. The van der Waals surface area contributed by atoms with Gasteiger partial charge in [0.2, 0.25) is 0 Å². The number of benzene rings is 3. The van der Waals surface area contributed by atoms with Gasteiger partial charge < -0.3 is 14.2 Å². The molecule has 0 aliphatic carbocycles. The van der Waals surface area contributed by atoms with Gasteiger partial charge in [-0.05, 0) is 44.2 Å². The molecule has 1 aliphatic heterocycles. The molecular weight excluding hydrogens is 490 g/mol. The normalized spacial score (nSPS) is 18.8. The highest BCUT2D eigenvalue weighted by Crippen LogP contribution is 2.35. The molecule has 2 heterocycles. The van der Waals surface area contributed by atoms with Crippen LogP contribution < -0.4 is 0 Å². The lowest BCUT2D eigenvalue weighted by molar-refractivity contribution is -0.383. The van der Waals surface area contributed by atoms with Gasteiger partial charge >= 0.3 is 11.9 Å². The highest BCUT2D eigenvalue weighted by molar-refractivity contribution is 5.90. The van der Waals surface area contributed by atoms with Crippen LogP contribution in [0.3, 0.4) is 0 Å². The third kappa shape index (κ3) is 5.12. The molecular formula is C28H25N3O7. The molecule has 0 N–H and O–H groups in total. The standard InChI is InChI=1S/C28H25N3O7/c1-17-6-10-19(11-7-17)27(32)36-16-25-24(38-28(33)20-12-8-18(2)9-13-20)14-26(37-25)30-22-4-3-5-23(31(34)35)21(22)15-29-30/h3-13,15,24-26H,14,16H2,1-2H3/t24-,25+,26+/m0/s1. The number of nitro benzene ring substituents is 1. The predicted molar refractivity (Wildman–Crippen MR) is 137 cm³/mol. The Morgan fingerprint density at radius 3 is 2.26 bits per heavy atom. The van der Waals surface area contributed by atoms with Crippen molar-refractivity contribution in [3.05, 3.63) is 105 Å². The first kappa shape index (κ1) is 25.1. The van der Waals surface area contributed by atoms with Gasteiger partial charge in [-0.15, -0.1) is 0 Å². The Labute approximate surface area is 217 Å². The van der Waals surface area contributed by atoms with Gasteiger partial charge in [-0.3, -0.25) is 10.1 Å². The molecule has 38 heavy (non-hydrogen) atoms. The second kappa shape index (κ2) is 10.4. The maximum Gasteiger partial charge on any atom is 0.338 e. The number of carbonyl (C=O) groups is 2. The molecule has 10 heteroatoms. The molecule has 0 spiro atoms. The Morgan fingerprint density at radius 2 is 1.63 bits per heavy atom. The van der Waals surface area contributed by atoms with E-state index in [0.717, 1.165) is 11.1 Å². The zero-order valence-electron chi connectivity index (χ0n) is 20.8. The number of aryl methyl sites for hydroxylation is 2. The number of non-ortho nitro benzene ring substituents is 1. The first-order valence-electron chi connectivity index (χ1n) is 12.1. The monoisotopic (exact) mass is 515 g/mol. The molecule has 0 bridgehead atoms. The lowest BCUT2D eigenvalue weighted by Gasteiger charge is -2.19. The number of ether oxygens (including phenoxy) is 3. The fourth-order valence-corrected chi connectivity index (χ4v) is 4.39. The van der Waals surface area contributed by atoms with Gasteiger partial charge in [0.15, 0.2) is 6.23 Å². The van der Waals surface area contributed by atoms with Gasteiger partial charge in [0.05, 0.1) is 33.1 Å². The van der Waals surface area contributed by atoms with Crippen LogP contribution >= 0.6 is 0 Å².